The van der Waals surface area contributed by atoms with Crippen molar-refractivity contribution in [2.24, 2.45) is 0 Å². The van der Waals surface area contributed by atoms with E-state index < -0.39 is 0 Å². The van der Waals surface area contributed by atoms with E-state index in [2.05, 4.69) is 6.07 Å². The lowest BCUT2D eigenvalue weighted by Gasteiger charge is -2.35. The van der Waals surface area contributed by atoms with Crippen LogP contribution in [0.3, 0.4) is 0 Å². The molecule has 0 unspecified atom stereocenters. The number of nitrogens with zero attached hydrogens (tertiary/aromatic N) is 1. The number of hydrogen-bond acceptors (Lipinski definition) is 3. The van der Waals surface area contributed by atoms with Crippen molar-refractivity contribution in [1.82, 2.24) is 4.90 Å². The monoisotopic (exact) mass is 391 g/mol. The lowest BCUT2D eigenvalue weighted by atomic mass is 9.81. The maximum atomic E-state index is 13.1. The number of esters is 1. The molecular weight excluding hydrogens is 362 g/mol. The van der Waals surface area contributed by atoms with Crippen LogP contribution in [-0.4, -0.2) is 22.9 Å². The van der Waals surface area contributed by atoms with Crippen molar-refractivity contribution in [3.63, 3.8) is 0 Å². The van der Waals surface area contributed by atoms with Gasteiger partial charge in [-0.15, -0.1) is 0 Å². The number of ether oxygens (including phenoxy) is 1. The molecule has 1 aliphatic rings. The van der Waals surface area contributed by atoms with E-state index in [1.165, 1.54) is 0 Å². The predicted molar refractivity (Wildman–Crippen MR) is 114 cm³/mol. The summed E-state index contributed by atoms with van der Waals surface area (Å²) in [6.45, 7) is 10.0. The molecule has 0 bridgehead atoms. The van der Waals surface area contributed by atoms with Gasteiger partial charge in [-0.25, -0.2) is 4.79 Å². The normalized spacial score (nSPS) is 17.1. The average Bonchev–Trinajstić information content (AvgIpc) is 2.66. The van der Waals surface area contributed by atoms with Crippen molar-refractivity contribution < 1.29 is 14.3 Å². The highest BCUT2D eigenvalue weighted by Gasteiger charge is 2.37. The highest BCUT2D eigenvalue weighted by molar-refractivity contribution is 5.96. The molecule has 2 aromatic rings. The molecule has 0 radical (unpaired) electrons. The third-order valence-corrected chi connectivity index (χ3v) is 5.38. The lowest BCUT2D eigenvalue weighted by molar-refractivity contribution is -0.143. The zero-order valence-electron chi connectivity index (χ0n) is 17.9. The van der Waals surface area contributed by atoms with Crippen molar-refractivity contribution in [2.75, 3.05) is 0 Å². The summed E-state index contributed by atoms with van der Waals surface area (Å²) in [4.78, 5) is 27.9. The first kappa shape index (κ1) is 20.8. The van der Waals surface area contributed by atoms with Crippen LogP contribution in [0.5, 0.6) is 0 Å². The summed E-state index contributed by atoms with van der Waals surface area (Å²) >= 11 is 0. The van der Waals surface area contributed by atoms with E-state index in [-0.39, 0.29) is 30.3 Å². The molecule has 0 spiro atoms. The summed E-state index contributed by atoms with van der Waals surface area (Å²) in [6, 6.07) is 16.0. The van der Waals surface area contributed by atoms with E-state index in [1.807, 2.05) is 77.1 Å². The van der Waals surface area contributed by atoms with Gasteiger partial charge in [0.15, 0.2) is 0 Å². The average molecular weight is 392 g/mol. The number of amides is 1. The quantitative estimate of drug-likeness (QED) is 0.671. The van der Waals surface area contributed by atoms with Crippen LogP contribution in [0.4, 0.5) is 0 Å². The first-order chi connectivity index (χ1) is 13.8. The molecule has 152 valence electrons. The summed E-state index contributed by atoms with van der Waals surface area (Å²) in [6.07, 6.45) is 0.0408. The fraction of sp³-hybridized carbons (Fsp3) is 0.360. The van der Waals surface area contributed by atoms with Gasteiger partial charge in [0.1, 0.15) is 0 Å². The molecule has 4 heteroatoms. The van der Waals surface area contributed by atoms with E-state index in [4.69, 9.17) is 4.74 Å². The molecule has 0 aromatic heterocycles. The predicted octanol–water partition coefficient (Wildman–Crippen LogP) is 5.05. The molecule has 4 nitrogen and oxygen atoms in total. The van der Waals surface area contributed by atoms with Crippen LogP contribution >= 0.6 is 0 Å². The molecule has 1 amide bonds. The van der Waals surface area contributed by atoms with E-state index in [0.29, 0.717) is 17.8 Å². The van der Waals surface area contributed by atoms with Gasteiger partial charge in [0, 0.05) is 18.0 Å². The van der Waals surface area contributed by atoms with Gasteiger partial charge < -0.3 is 9.64 Å². The number of hydrogen-bond donors (Lipinski definition) is 0. The molecule has 1 heterocycles. The Morgan fingerprint density at radius 2 is 1.79 bits per heavy atom. The van der Waals surface area contributed by atoms with Crippen LogP contribution < -0.4 is 0 Å². The fourth-order valence-electron chi connectivity index (χ4n) is 3.91. The standard InChI is InChI=1S/C25H29NO3/c1-16(2)29-25(28)24-19(5)26(15-20-9-7-6-8-10-20)23(27)14-22(24)21-13-17(3)11-12-18(21)4/h6-13,16,22H,14-15H2,1-5H3/t22-/m1/s1. The van der Waals surface area contributed by atoms with Gasteiger partial charge in [0.2, 0.25) is 5.91 Å². The molecule has 0 aliphatic carbocycles. The number of allylic oxidation sites excluding steroid dienone is 1. The number of aryl methyl sites for hydroxylation is 2. The largest absolute Gasteiger partial charge is 0.460 e. The molecule has 1 aliphatic heterocycles. The summed E-state index contributed by atoms with van der Waals surface area (Å²) in [5, 5.41) is 0. The summed E-state index contributed by atoms with van der Waals surface area (Å²) < 4.78 is 5.58. The molecule has 3 rings (SSSR count). The van der Waals surface area contributed by atoms with Gasteiger partial charge in [-0.2, -0.15) is 0 Å². The minimum absolute atomic E-state index is 0.0263. The zero-order chi connectivity index (χ0) is 21.1. The van der Waals surface area contributed by atoms with Gasteiger partial charge in [-0.1, -0.05) is 54.1 Å². The van der Waals surface area contributed by atoms with E-state index in [9.17, 15) is 9.59 Å². The maximum Gasteiger partial charge on any atom is 0.336 e. The maximum absolute atomic E-state index is 13.1. The van der Waals surface area contributed by atoms with Crippen molar-refractivity contribution in [3.8, 4) is 0 Å². The molecule has 0 saturated heterocycles. The van der Waals surface area contributed by atoms with Crippen LogP contribution in [0.25, 0.3) is 0 Å². The van der Waals surface area contributed by atoms with Gasteiger partial charge in [-0.05, 0) is 51.3 Å². The topological polar surface area (TPSA) is 46.6 Å². The van der Waals surface area contributed by atoms with E-state index in [1.54, 1.807) is 4.90 Å². The van der Waals surface area contributed by atoms with Gasteiger partial charge >= 0.3 is 5.97 Å². The van der Waals surface area contributed by atoms with Crippen molar-refractivity contribution in [1.29, 1.82) is 0 Å². The van der Waals surface area contributed by atoms with Crippen molar-refractivity contribution in [2.45, 2.75) is 59.6 Å². The Morgan fingerprint density at radius 1 is 1.10 bits per heavy atom. The molecule has 0 saturated carbocycles. The minimum Gasteiger partial charge on any atom is -0.460 e. The smallest absolute Gasteiger partial charge is 0.336 e. The Balaban J connectivity index is 2.08. The first-order valence-electron chi connectivity index (χ1n) is 10.1. The Morgan fingerprint density at radius 3 is 2.45 bits per heavy atom. The Bertz CT molecular complexity index is 944. The Kier molecular flexibility index (Phi) is 6.21. The summed E-state index contributed by atoms with van der Waals surface area (Å²) in [7, 11) is 0. The molecular formula is C25H29NO3. The fourth-order valence-corrected chi connectivity index (χ4v) is 3.91. The van der Waals surface area contributed by atoms with Crippen LogP contribution in [0.1, 0.15) is 55.4 Å². The Hall–Kier alpha value is -2.88. The van der Waals surface area contributed by atoms with Crippen LogP contribution in [0, 0.1) is 13.8 Å². The van der Waals surface area contributed by atoms with Crippen molar-refractivity contribution in [3.05, 3.63) is 82.1 Å². The third kappa shape index (κ3) is 4.58. The number of carbonyl (C=O) groups is 2. The molecule has 1 atom stereocenters. The van der Waals surface area contributed by atoms with Gasteiger partial charge in [-0.3, -0.25) is 4.79 Å². The number of rotatable bonds is 5. The number of carbonyl (C=O) groups excluding carboxylic acids is 2. The minimum atomic E-state index is -0.339. The van der Waals surface area contributed by atoms with Crippen LogP contribution in [0.15, 0.2) is 59.8 Å². The summed E-state index contributed by atoms with van der Waals surface area (Å²) in [5.41, 5.74) is 5.51. The molecule has 0 N–H and O–H groups in total. The number of benzene rings is 2. The second-order valence-corrected chi connectivity index (χ2v) is 8.04. The SMILES string of the molecule is CC1=C(C(=O)OC(C)C)[C@@H](c2cc(C)ccc2C)CC(=O)N1Cc1ccccc1. The second kappa shape index (κ2) is 8.64. The molecule has 2 aromatic carbocycles. The van der Waals surface area contributed by atoms with E-state index in [0.717, 1.165) is 22.3 Å². The highest BCUT2D eigenvalue weighted by Crippen LogP contribution is 2.39. The van der Waals surface area contributed by atoms with Gasteiger partial charge in [0.25, 0.3) is 0 Å². The van der Waals surface area contributed by atoms with Crippen LogP contribution in [0.2, 0.25) is 0 Å². The van der Waals surface area contributed by atoms with E-state index >= 15 is 0 Å². The third-order valence-electron chi connectivity index (χ3n) is 5.38. The molecule has 29 heavy (non-hydrogen) atoms. The first-order valence-corrected chi connectivity index (χ1v) is 10.1. The zero-order valence-corrected chi connectivity index (χ0v) is 17.9. The highest BCUT2D eigenvalue weighted by atomic mass is 16.5. The lowest BCUT2D eigenvalue weighted by Crippen LogP contribution is -2.38. The second-order valence-electron chi connectivity index (χ2n) is 8.04. The van der Waals surface area contributed by atoms with Crippen molar-refractivity contribution >= 4 is 11.9 Å². The van der Waals surface area contributed by atoms with Crippen LogP contribution in [-0.2, 0) is 20.9 Å². The Labute approximate surface area is 173 Å². The van der Waals surface area contributed by atoms with Gasteiger partial charge in [0.05, 0.1) is 18.2 Å². The summed E-state index contributed by atoms with van der Waals surface area (Å²) in [5.74, 6) is -0.604. The molecule has 0 fully saturated rings.